The number of aromatic nitrogens is 2. The van der Waals surface area contributed by atoms with E-state index in [9.17, 15) is 4.79 Å². The fraction of sp³-hybridized carbons (Fsp3) is 0.556. The van der Waals surface area contributed by atoms with Gasteiger partial charge in [-0.1, -0.05) is 0 Å². The molecule has 1 aromatic rings. The Hall–Kier alpha value is -1.36. The number of carbonyl (C=O) groups excluding carboxylic acids is 1. The van der Waals surface area contributed by atoms with Crippen LogP contribution in [-0.4, -0.2) is 21.5 Å². The van der Waals surface area contributed by atoms with E-state index in [1.165, 1.54) is 0 Å². The summed E-state index contributed by atoms with van der Waals surface area (Å²) in [6, 6.07) is 0. The molecule has 0 atom stereocenters. The Morgan fingerprint density at radius 2 is 2.29 bits per heavy atom. The minimum Gasteiger partial charge on any atom is -0.442 e. The third kappa shape index (κ3) is 2.85. The highest BCUT2D eigenvalue weighted by Gasteiger charge is 2.18. The molecule has 1 rings (SSSR count). The topological polar surface area (TPSA) is 70.1 Å². The molecule has 0 aliphatic carbocycles. The average molecular weight is 197 g/mol. The van der Waals surface area contributed by atoms with Crippen LogP contribution >= 0.6 is 0 Å². The van der Waals surface area contributed by atoms with Crippen molar-refractivity contribution in [3.8, 4) is 0 Å². The fourth-order valence-electron chi connectivity index (χ4n) is 0.874. The van der Waals surface area contributed by atoms with Crippen LogP contribution in [-0.2, 0) is 11.3 Å². The molecule has 0 fully saturated rings. The molecule has 0 aliphatic rings. The van der Waals surface area contributed by atoms with Crippen LogP contribution in [0, 0.1) is 0 Å². The van der Waals surface area contributed by atoms with Gasteiger partial charge in [0.25, 0.3) is 0 Å². The van der Waals surface area contributed by atoms with E-state index in [0.29, 0.717) is 6.54 Å². The molecule has 1 aromatic heterocycles. The molecule has 0 spiro atoms. The highest BCUT2D eigenvalue weighted by Crippen LogP contribution is 2.08. The highest BCUT2D eigenvalue weighted by atomic mass is 16.6. The van der Waals surface area contributed by atoms with Crippen LogP contribution in [0.4, 0.5) is 4.79 Å². The lowest BCUT2D eigenvalue weighted by Crippen LogP contribution is -2.27. The predicted octanol–water partition coefficient (Wildman–Crippen LogP) is 1.12. The van der Waals surface area contributed by atoms with Gasteiger partial charge >= 0.3 is 6.09 Å². The highest BCUT2D eigenvalue weighted by molar-refractivity contribution is 5.69. The summed E-state index contributed by atoms with van der Waals surface area (Å²) in [5.41, 5.74) is 5.68. The van der Waals surface area contributed by atoms with Gasteiger partial charge in [-0.05, 0) is 20.8 Å². The number of hydrogen-bond donors (Lipinski definition) is 1. The van der Waals surface area contributed by atoms with Crippen molar-refractivity contribution >= 4 is 6.09 Å². The first kappa shape index (κ1) is 10.7. The van der Waals surface area contributed by atoms with Crippen LogP contribution in [0.2, 0.25) is 0 Å². The van der Waals surface area contributed by atoms with Crippen molar-refractivity contribution in [2.45, 2.75) is 32.9 Å². The Morgan fingerprint density at radius 1 is 1.64 bits per heavy atom. The van der Waals surface area contributed by atoms with E-state index in [1.54, 1.807) is 33.2 Å². The quantitative estimate of drug-likeness (QED) is 0.732. The Balaban J connectivity index is 2.70. The van der Waals surface area contributed by atoms with Crippen molar-refractivity contribution in [2.24, 2.45) is 5.73 Å². The van der Waals surface area contributed by atoms with Crippen LogP contribution in [0.25, 0.3) is 0 Å². The number of nitrogens with zero attached hydrogens (tertiary/aromatic N) is 2. The molecule has 0 saturated heterocycles. The van der Waals surface area contributed by atoms with Crippen LogP contribution in [0.1, 0.15) is 26.3 Å². The molecule has 0 bridgehead atoms. The summed E-state index contributed by atoms with van der Waals surface area (Å²) in [4.78, 5) is 11.4. The van der Waals surface area contributed by atoms with Crippen LogP contribution < -0.4 is 5.73 Å². The van der Waals surface area contributed by atoms with Gasteiger partial charge in [0, 0.05) is 18.3 Å². The van der Waals surface area contributed by atoms with Gasteiger partial charge in [0.05, 0.1) is 6.20 Å². The molecule has 2 N–H and O–H groups in total. The minimum absolute atomic E-state index is 0.364. The van der Waals surface area contributed by atoms with E-state index < -0.39 is 11.7 Å². The molecule has 5 nitrogen and oxygen atoms in total. The zero-order valence-corrected chi connectivity index (χ0v) is 8.65. The molecule has 78 valence electrons. The van der Waals surface area contributed by atoms with Crippen molar-refractivity contribution in [1.29, 1.82) is 0 Å². The van der Waals surface area contributed by atoms with Crippen molar-refractivity contribution in [2.75, 3.05) is 0 Å². The van der Waals surface area contributed by atoms with Gasteiger partial charge in [0.1, 0.15) is 5.60 Å². The third-order valence-electron chi connectivity index (χ3n) is 1.45. The monoisotopic (exact) mass is 197 g/mol. The zero-order chi connectivity index (χ0) is 10.8. The smallest absolute Gasteiger partial charge is 0.435 e. The normalized spacial score (nSPS) is 11.4. The Bertz CT molecular complexity index is 325. The molecule has 0 radical (unpaired) electrons. The van der Waals surface area contributed by atoms with E-state index >= 15 is 0 Å². The largest absolute Gasteiger partial charge is 0.442 e. The van der Waals surface area contributed by atoms with Crippen LogP contribution in [0.15, 0.2) is 12.4 Å². The van der Waals surface area contributed by atoms with Gasteiger partial charge in [0.15, 0.2) is 0 Å². The van der Waals surface area contributed by atoms with Crippen LogP contribution in [0.3, 0.4) is 0 Å². The molecular weight excluding hydrogens is 182 g/mol. The summed E-state index contributed by atoms with van der Waals surface area (Å²) in [6.45, 7) is 5.78. The van der Waals surface area contributed by atoms with Gasteiger partial charge in [-0.2, -0.15) is 9.78 Å². The lowest BCUT2D eigenvalue weighted by Gasteiger charge is -2.18. The maximum absolute atomic E-state index is 11.4. The maximum atomic E-state index is 11.4. The molecule has 0 saturated carbocycles. The number of hydrogen-bond acceptors (Lipinski definition) is 4. The van der Waals surface area contributed by atoms with Gasteiger partial charge in [-0.25, -0.2) is 4.79 Å². The first-order valence-corrected chi connectivity index (χ1v) is 4.39. The zero-order valence-electron chi connectivity index (χ0n) is 8.65. The van der Waals surface area contributed by atoms with Crippen molar-refractivity contribution in [3.05, 3.63) is 18.0 Å². The summed E-state index contributed by atoms with van der Waals surface area (Å²) < 4.78 is 6.25. The summed E-state index contributed by atoms with van der Waals surface area (Å²) in [5, 5.41) is 3.83. The lowest BCUT2D eigenvalue weighted by atomic mass is 10.2. The molecule has 0 unspecified atom stereocenters. The number of ether oxygens (including phenoxy) is 1. The Morgan fingerprint density at radius 3 is 2.71 bits per heavy atom. The molecule has 0 amide bonds. The summed E-state index contributed by atoms with van der Waals surface area (Å²) in [5.74, 6) is 0. The molecule has 14 heavy (non-hydrogen) atoms. The second kappa shape index (κ2) is 3.79. The van der Waals surface area contributed by atoms with Gasteiger partial charge < -0.3 is 10.5 Å². The first-order chi connectivity index (χ1) is 6.42. The van der Waals surface area contributed by atoms with E-state index in [-0.39, 0.29) is 0 Å². The number of nitrogens with two attached hydrogens (primary N) is 1. The molecule has 0 aromatic carbocycles. The molecule has 0 aliphatic heterocycles. The minimum atomic E-state index is -0.508. The molecular formula is C9H15N3O2. The van der Waals surface area contributed by atoms with Gasteiger partial charge in [0.2, 0.25) is 0 Å². The average Bonchev–Trinajstić information content (AvgIpc) is 2.48. The number of carbonyl (C=O) groups is 1. The SMILES string of the molecule is CC(C)(C)OC(=O)n1cc(CN)cn1. The van der Waals surface area contributed by atoms with E-state index in [4.69, 9.17) is 10.5 Å². The first-order valence-electron chi connectivity index (χ1n) is 4.39. The molecule has 1 heterocycles. The Labute approximate surface area is 82.8 Å². The fourth-order valence-corrected chi connectivity index (χ4v) is 0.874. The second-order valence-electron chi connectivity index (χ2n) is 3.98. The third-order valence-corrected chi connectivity index (χ3v) is 1.45. The molecule has 5 heteroatoms. The van der Waals surface area contributed by atoms with Crippen molar-refractivity contribution in [1.82, 2.24) is 9.78 Å². The van der Waals surface area contributed by atoms with Crippen molar-refractivity contribution < 1.29 is 9.53 Å². The van der Waals surface area contributed by atoms with Gasteiger partial charge in [-0.3, -0.25) is 0 Å². The van der Waals surface area contributed by atoms with Gasteiger partial charge in [-0.15, -0.1) is 0 Å². The van der Waals surface area contributed by atoms with E-state index in [0.717, 1.165) is 10.2 Å². The summed E-state index contributed by atoms with van der Waals surface area (Å²) >= 11 is 0. The lowest BCUT2D eigenvalue weighted by molar-refractivity contribution is 0.0514. The van der Waals surface area contributed by atoms with Crippen molar-refractivity contribution in [3.63, 3.8) is 0 Å². The van der Waals surface area contributed by atoms with Crippen LogP contribution in [0.5, 0.6) is 0 Å². The maximum Gasteiger partial charge on any atom is 0.435 e. The standard InChI is InChI=1S/C9H15N3O2/c1-9(2,3)14-8(13)12-6-7(4-10)5-11-12/h5-6H,4,10H2,1-3H3. The number of rotatable bonds is 1. The van der Waals surface area contributed by atoms with E-state index in [2.05, 4.69) is 5.10 Å². The predicted molar refractivity (Wildman–Crippen MR) is 51.8 cm³/mol. The summed E-state index contributed by atoms with van der Waals surface area (Å²) in [7, 11) is 0. The Kier molecular flexibility index (Phi) is 2.90. The summed E-state index contributed by atoms with van der Waals surface area (Å²) in [6.07, 6.45) is 2.62. The second-order valence-corrected chi connectivity index (χ2v) is 3.98. The van der Waals surface area contributed by atoms with E-state index in [1.807, 2.05) is 0 Å².